The second-order valence-corrected chi connectivity index (χ2v) is 6.14. The van der Waals surface area contributed by atoms with Gasteiger partial charge in [-0.3, -0.25) is 9.59 Å². The molecule has 4 N–H and O–H groups in total. The number of anilines is 2. The fourth-order valence-electron chi connectivity index (χ4n) is 3.33. The number of aromatic amines is 1. The van der Waals surface area contributed by atoms with Crippen LogP contribution in [0.5, 0.6) is 0 Å². The molecule has 2 amide bonds. The normalized spacial score (nSPS) is 12.3. The van der Waals surface area contributed by atoms with E-state index in [1.165, 1.54) is 13.0 Å². The molecule has 1 aliphatic heterocycles. The van der Waals surface area contributed by atoms with Gasteiger partial charge in [-0.15, -0.1) is 0 Å². The van der Waals surface area contributed by atoms with E-state index in [0.717, 1.165) is 5.69 Å². The molecule has 0 saturated heterocycles. The number of hydrogen-bond donors (Lipinski definition) is 4. The molecule has 6 nitrogen and oxygen atoms in total. The first-order valence-electron chi connectivity index (χ1n) is 8.29. The van der Waals surface area contributed by atoms with E-state index < -0.39 is 5.82 Å². The number of aromatic nitrogens is 1. The minimum atomic E-state index is -0.401. The molecule has 26 heavy (non-hydrogen) atoms. The largest absolute Gasteiger partial charge is 0.383 e. The lowest BCUT2D eigenvalue weighted by Crippen LogP contribution is -2.26. The van der Waals surface area contributed by atoms with Crippen LogP contribution in [0.1, 0.15) is 17.3 Å². The lowest BCUT2D eigenvalue weighted by Gasteiger charge is -2.14. The highest BCUT2D eigenvalue weighted by atomic mass is 19.1. The van der Waals surface area contributed by atoms with E-state index in [1.54, 1.807) is 18.3 Å². The van der Waals surface area contributed by atoms with Crippen LogP contribution in [0.3, 0.4) is 0 Å². The highest BCUT2D eigenvalue weighted by molar-refractivity contribution is 6.28. The van der Waals surface area contributed by atoms with Crippen LogP contribution >= 0.6 is 0 Å². The van der Waals surface area contributed by atoms with E-state index in [2.05, 4.69) is 20.9 Å². The Hall–Kier alpha value is -3.35. The molecular weight excluding hydrogens is 335 g/mol. The molecule has 4 rings (SSSR count). The van der Waals surface area contributed by atoms with Crippen molar-refractivity contribution in [2.24, 2.45) is 0 Å². The summed E-state index contributed by atoms with van der Waals surface area (Å²) in [6, 6.07) is 8.40. The monoisotopic (exact) mass is 352 g/mol. The van der Waals surface area contributed by atoms with E-state index in [0.29, 0.717) is 46.4 Å². The molecule has 2 aromatic carbocycles. The SMILES string of the molecule is CC(=O)NCCNc1cc(-c2ccc[nH]2)c2c3c(ccc(F)c13)NC2=O. The zero-order chi connectivity index (χ0) is 18.3. The first kappa shape index (κ1) is 16.1. The van der Waals surface area contributed by atoms with Crippen LogP contribution in [-0.2, 0) is 4.79 Å². The number of nitrogens with one attached hydrogen (secondary N) is 4. The van der Waals surface area contributed by atoms with Crippen molar-refractivity contribution >= 4 is 34.0 Å². The molecule has 1 aromatic heterocycles. The van der Waals surface area contributed by atoms with Gasteiger partial charge in [0.15, 0.2) is 0 Å². The fraction of sp³-hybridized carbons (Fsp3) is 0.158. The van der Waals surface area contributed by atoms with Gasteiger partial charge in [-0.25, -0.2) is 4.39 Å². The van der Waals surface area contributed by atoms with Crippen LogP contribution in [-0.4, -0.2) is 29.9 Å². The van der Waals surface area contributed by atoms with E-state index in [4.69, 9.17) is 0 Å². The van der Waals surface area contributed by atoms with E-state index >= 15 is 0 Å². The van der Waals surface area contributed by atoms with Gasteiger partial charge in [0, 0.05) is 59.6 Å². The van der Waals surface area contributed by atoms with Gasteiger partial charge in [0.05, 0.1) is 5.56 Å². The van der Waals surface area contributed by atoms with Crippen LogP contribution < -0.4 is 16.0 Å². The molecule has 0 spiro atoms. The average Bonchev–Trinajstić information content (AvgIpc) is 3.24. The van der Waals surface area contributed by atoms with E-state index in [1.807, 2.05) is 12.1 Å². The third kappa shape index (κ3) is 2.57. The summed E-state index contributed by atoms with van der Waals surface area (Å²) in [5, 5.41) is 9.62. The second-order valence-electron chi connectivity index (χ2n) is 6.14. The molecule has 0 unspecified atom stereocenters. The quantitative estimate of drug-likeness (QED) is 0.532. The Morgan fingerprint density at radius 2 is 2.04 bits per heavy atom. The third-order valence-corrected chi connectivity index (χ3v) is 4.41. The lowest BCUT2D eigenvalue weighted by atomic mass is 9.96. The Morgan fingerprint density at radius 1 is 1.19 bits per heavy atom. The zero-order valence-electron chi connectivity index (χ0n) is 14.1. The number of H-pyrrole nitrogens is 1. The molecule has 7 heteroatoms. The average molecular weight is 352 g/mol. The van der Waals surface area contributed by atoms with Crippen molar-refractivity contribution in [3.8, 4) is 11.3 Å². The Morgan fingerprint density at radius 3 is 2.77 bits per heavy atom. The smallest absolute Gasteiger partial charge is 0.257 e. The summed E-state index contributed by atoms with van der Waals surface area (Å²) in [5.74, 6) is -0.771. The first-order chi connectivity index (χ1) is 12.6. The Labute approximate surface area is 148 Å². The van der Waals surface area contributed by atoms with Gasteiger partial charge in [-0.1, -0.05) is 0 Å². The van der Waals surface area contributed by atoms with E-state index in [9.17, 15) is 14.0 Å². The minimum Gasteiger partial charge on any atom is -0.383 e. The van der Waals surface area contributed by atoms with Gasteiger partial charge in [-0.05, 0) is 30.3 Å². The standard InChI is InChI=1S/C19H17FN4O2/c1-10(25)21-7-8-23-15-9-11(13-3-2-6-22-13)16-18-14(24-19(16)26)5-4-12(20)17(15)18/h2-6,9,22-23H,7-8H2,1H3,(H,21,25)(H,24,26). The minimum absolute atomic E-state index is 0.125. The summed E-state index contributed by atoms with van der Waals surface area (Å²) in [7, 11) is 0. The Balaban J connectivity index is 1.87. The highest BCUT2D eigenvalue weighted by Crippen LogP contribution is 2.43. The molecule has 0 saturated carbocycles. The summed E-state index contributed by atoms with van der Waals surface area (Å²) in [5.41, 5.74) is 3.11. The molecule has 0 atom stereocenters. The number of benzene rings is 2. The van der Waals surface area contributed by atoms with Crippen LogP contribution in [0.4, 0.5) is 15.8 Å². The van der Waals surface area contributed by atoms with Gasteiger partial charge in [0.25, 0.3) is 5.91 Å². The summed E-state index contributed by atoms with van der Waals surface area (Å²) in [6.45, 7) is 2.29. The summed E-state index contributed by atoms with van der Waals surface area (Å²) >= 11 is 0. The number of amides is 2. The maximum atomic E-state index is 14.6. The summed E-state index contributed by atoms with van der Waals surface area (Å²) in [6.07, 6.45) is 1.77. The van der Waals surface area contributed by atoms with E-state index in [-0.39, 0.29) is 11.8 Å². The molecule has 1 aliphatic rings. The van der Waals surface area contributed by atoms with Crippen molar-refractivity contribution in [2.75, 3.05) is 23.7 Å². The summed E-state index contributed by atoms with van der Waals surface area (Å²) < 4.78 is 14.6. The predicted molar refractivity (Wildman–Crippen MR) is 98.8 cm³/mol. The Bertz CT molecular complexity index is 1030. The van der Waals surface area contributed by atoms with Crippen LogP contribution in [0.15, 0.2) is 36.5 Å². The van der Waals surface area contributed by atoms with Crippen molar-refractivity contribution in [1.29, 1.82) is 0 Å². The van der Waals surface area contributed by atoms with Crippen molar-refractivity contribution < 1.29 is 14.0 Å². The maximum Gasteiger partial charge on any atom is 0.257 e. The van der Waals surface area contributed by atoms with Crippen molar-refractivity contribution in [3.63, 3.8) is 0 Å². The lowest BCUT2D eigenvalue weighted by molar-refractivity contribution is -0.118. The number of halogens is 1. The van der Waals surface area contributed by atoms with Crippen molar-refractivity contribution in [2.45, 2.75) is 6.92 Å². The van der Waals surface area contributed by atoms with Crippen molar-refractivity contribution in [3.05, 3.63) is 47.9 Å². The molecule has 132 valence electrons. The fourth-order valence-corrected chi connectivity index (χ4v) is 3.33. The van der Waals surface area contributed by atoms with Gasteiger partial charge in [0.2, 0.25) is 5.91 Å². The molecule has 0 aliphatic carbocycles. The van der Waals surface area contributed by atoms with Gasteiger partial charge < -0.3 is 20.9 Å². The van der Waals surface area contributed by atoms with Crippen LogP contribution in [0, 0.1) is 5.82 Å². The zero-order valence-corrected chi connectivity index (χ0v) is 14.1. The van der Waals surface area contributed by atoms with Crippen LogP contribution in [0.2, 0.25) is 0 Å². The maximum absolute atomic E-state index is 14.6. The molecule has 0 bridgehead atoms. The van der Waals surface area contributed by atoms with Crippen LogP contribution in [0.25, 0.3) is 22.0 Å². The number of carbonyl (C=O) groups is 2. The predicted octanol–water partition coefficient (Wildman–Crippen LogP) is 3.09. The van der Waals surface area contributed by atoms with Gasteiger partial charge in [-0.2, -0.15) is 0 Å². The second kappa shape index (κ2) is 6.18. The Kier molecular flexibility index (Phi) is 3.84. The first-order valence-corrected chi connectivity index (χ1v) is 8.29. The topological polar surface area (TPSA) is 86.0 Å². The van der Waals surface area contributed by atoms with Gasteiger partial charge in [0.1, 0.15) is 5.82 Å². The third-order valence-electron chi connectivity index (χ3n) is 4.41. The highest BCUT2D eigenvalue weighted by Gasteiger charge is 2.29. The molecule has 0 radical (unpaired) electrons. The molecule has 2 heterocycles. The number of rotatable bonds is 5. The molecule has 3 aromatic rings. The van der Waals surface area contributed by atoms with Gasteiger partial charge >= 0.3 is 0 Å². The van der Waals surface area contributed by atoms with Crippen molar-refractivity contribution in [1.82, 2.24) is 10.3 Å². The molecular formula is C19H17FN4O2. The number of carbonyl (C=O) groups excluding carboxylic acids is 2. The molecule has 0 fully saturated rings. The summed E-state index contributed by atoms with van der Waals surface area (Å²) in [4.78, 5) is 26.6. The number of hydrogen-bond acceptors (Lipinski definition) is 3.